The molecule has 0 aromatic heterocycles. The highest BCUT2D eigenvalue weighted by atomic mass is 79.9. The van der Waals surface area contributed by atoms with Gasteiger partial charge in [-0.3, -0.25) is 4.90 Å². The third kappa shape index (κ3) is 5.14. The molecule has 1 saturated carbocycles. The smallest absolute Gasteiger partial charge is 0.395 e. The third-order valence-corrected chi connectivity index (χ3v) is 4.52. The van der Waals surface area contributed by atoms with Crippen molar-refractivity contribution in [3.8, 4) is 0 Å². The summed E-state index contributed by atoms with van der Waals surface area (Å²) in [5.74, 6) is 0. The molecule has 1 aliphatic rings. The summed E-state index contributed by atoms with van der Waals surface area (Å²) in [6, 6.07) is 0. The van der Waals surface area contributed by atoms with E-state index in [1.54, 1.807) is 0 Å². The molecule has 17 heavy (non-hydrogen) atoms. The molecule has 0 aromatic carbocycles. The molecule has 0 bridgehead atoms. The van der Waals surface area contributed by atoms with E-state index < -0.39 is 12.7 Å². The maximum atomic E-state index is 12.4. The summed E-state index contributed by atoms with van der Waals surface area (Å²) < 4.78 is 37.2. The average molecular weight is 318 g/mol. The second kappa shape index (κ2) is 6.38. The fraction of sp³-hybridized carbons (Fsp3) is 1.00. The fourth-order valence-corrected chi connectivity index (χ4v) is 3.28. The van der Waals surface area contributed by atoms with E-state index in [4.69, 9.17) is 5.11 Å². The van der Waals surface area contributed by atoms with Crippen LogP contribution in [0.1, 0.15) is 25.7 Å². The van der Waals surface area contributed by atoms with Crippen LogP contribution in [0.25, 0.3) is 0 Å². The molecule has 0 spiro atoms. The molecule has 0 aliphatic heterocycles. The van der Waals surface area contributed by atoms with Crippen LogP contribution >= 0.6 is 15.9 Å². The van der Waals surface area contributed by atoms with Crippen LogP contribution in [0.5, 0.6) is 0 Å². The first-order valence-corrected chi connectivity index (χ1v) is 6.99. The standard InChI is InChI=1S/C11H19BrF3NO/c12-7-10(3-1-2-4-10)8-16(5-6-17)9-11(13,14)15/h17H,1-9H2. The Bertz CT molecular complexity index is 229. The van der Waals surface area contributed by atoms with Gasteiger partial charge >= 0.3 is 6.18 Å². The quantitative estimate of drug-likeness (QED) is 0.761. The van der Waals surface area contributed by atoms with Gasteiger partial charge in [-0.25, -0.2) is 0 Å². The summed E-state index contributed by atoms with van der Waals surface area (Å²) in [5, 5.41) is 9.58. The number of rotatable bonds is 6. The number of alkyl halides is 4. The zero-order chi connectivity index (χ0) is 12.9. The third-order valence-electron chi connectivity index (χ3n) is 3.33. The Hall–Kier alpha value is 0.190. The lowest BCUT2D eigenvalue weighted by atomic mass is 9.88. The van der Waals surface area contributed by atoms with E-state index >= 15 is 0 Å². The van der Waals surface area contributed by atoms with Crippen molar-refractivity contribution in [1.29, 1.82) is 0 Å². The molecule has 1 N–H and O–H groups in total. The number of nitrogens with zero attached hydrogens (tertiary/aromatic N) is 1. The zero-order valence-electron chi connectivity index (χ0n) is 9.77. The van der Waals surface area contributed by atoms with Gasteiger partial charge in [-0.05, 0) is 18.3 Å². The van der Waals surface area contributed by atoms with E-state index in [0.717, 1.165) is 31.0 Å². The predicted molar refractivity (Wildman–Crippen MR) is 64.3 cm³/mol. The van der Waals surface area contributed by atoms with Crippen molar-refractivity contribution >= 4 is 15.9 Å². The van der Waals surface area contributed by atoms with Gasteiger partial charge < -0.3 is 5.11 Å². The molecule has 2 nitrogen and oxygen atoms in total. The highest BCUT2D eigenvalue weighted by Gasteiger charge is 2.38. The van der Waals surface area contributed by atoms with Crippen LogP contribution < -0.4 is 0 Å². The molecule has 6 heteroatoms. The summed E-state index contributed by atoms with van der Waals surface area (Å²) in [6.45, 7) is -0.649. The molecular formula is C11H19BrF3NO. The lowest BCUT2D eigenvalue weighted by Gasteiger charge is -2.34. The summed E-state index contributed by atoms with van der Waals surface area (Å²) >= 11 is 3.42. The maximum Gasteiger partial charge on any atom is 0.401 e. The van der Waals surface area contributed by atoms with Crippen molar-refractivity contribution in [3.63, 3.8) is 0 Å². The van der Waals surface area contributed by atoms with E-state index in [1.807, 2.05) is 0 Å². The van der Waals surface area contributed by atoms with Crippen molar-refractivity contribution in [2.45, 2.75) is 31.9 Å². The van der Waals surface area contributed by atoms with E-state index in [9.17, 15) is 13.2 Å². The number of hydrogen-bond acceptors (Lipinski definition) is 2. The van der Waals surface area contributed by atoms with Gasteiger partial charge in [-0.2, -0.15) is 13.2 Å². The van der Waals surface area contributed by atoms with Crippen LogP contribution in [0.2, 0.25) is 0 Å². The molecule has 1 aliphatic carbocycles. The van der Waals surface area contributed by atoms with Crippen LogP contribution in [0.3, 0.4) is 0 Å². The van der Waals surface area contributed by atoms with Gasteiger partial charge in [-0.15, -0.1) is 0 Å². The van der Waals surface area contributed by atoms with Crippen LogP contribution in [0.4, 0.5) is 13.2 Å². The molecule has 0 unspecified atom stereocenters. The number of halogens is 4. The Labute approximate surface area is 108 Å². The number of hydrogen-bond donors (Lipinski definition) is 1. The van der Waals surface area contributed by atoms with Crippen molar-refractivity contribution < 1.29 is 18.3 Å². The second-order valence-electron chi connectivity index (χ2n) is 4.89. The Morgan fingerprint density at radius 2 is 1.82 bits per heavy atom. The normalized spacial score (nSPS) is 20.1. The molecule has 0 atom stereocenters. The van der Waals surface area contributed by atoms with Crippen molar-refractivity contribution in [2.75, 3.05) is 31.6 Å². The molecule has 1 fully saturated rings. The van der Waals surface area contributed by atoms with Gasteiger partial charge in [0.25, 0.3) is 0 Å². The van der Waals surface area contributed by atoms with Gasteiger partial charge in [0.05, 0.1) is 13.2 Å². The minimum atomic E-state index is -4.19. The van der Waals surface area contributed by atoms with Crippen molar-refractivity contribution in [2.24, 2.45) is 5.41 Å². The Morgan fingerprint density at radius 3 is 2.24 bits per heavy atom. The predicted octanol–water partition coefficient (Wildman–Crippen LogP) is 2.80. The van der Waals surface area contributed by atoms with Gasteiger partial charge in [0, 0.05) is 18.4 Å². The highest BCUT2D eigenvalue weighted by molar-refractivity contribution is 9.09. The fourth-order valence-electron chi connectivity index (χ4n) is 2.54. The molecule has 0 saturated heterocycles. The number of aliphatic hydroxyl groups is 1. The van der Waals surface area contributed by atoms with E-state index in [1.165, 1.54) is 4.90 Å². The number of aliphatic hydroxyl groups excluding tert-OH is 1. The summed E-state index contributed by atoms with van der Waals surface area (Å²) in [4.78, 5) is 1.33. The highest BCUT2D eigenvalue weighted by Crippen LogP contribution is 2.40. The van der Waals surface area contributed by atoms with Gasteiger partial charge in [0.15, 0.2) is 0 Å². The second-order valence-corrected chi connectivity index (χ2v) is 5.45. The first-order chi connectivity index (χ1) is 7.91. The molecule has 0 amide bonds. The van der Waals surface area contributed by atoms with Crippen molar-refractivity contribution in [1.82, 2.24) is 4.90 Å². The average Bonchev–Trinajstić information content (AvgIpc) is 2.65. The SMILES string of the molecule is OCCN(CC(F)(F)F)CC1(CBr)CCCC1. The lowest BCUT2D eigenvalue weighted by Crippen LogP contribution is -2.43. The first kappa shape index (κ1) is 15.2. The molecule has 0 aromatic rings. The minimum absolute atomic E-state index is 0.0412. The molecule has 102 valence electrons. The molecule has 0 radical (unpaired) electrons. The van der Waals surface area contributed by atoms with Crippen LogP contribution in [-0.4, -0.2) is 47.8 Å². The van der Waals surface area contributed by atoms with Gasteiger partial charge in [-0.1, -0.05) is 28.8 Å². The summed E-state index contributed by atoms with van der Waals surface area (Å²) in [5.41, 5.74) is -0.0412. The first-order valence-electron chi connectivity index (χ1n) is 5.87. The molecule has 0 heterocycles. The summed E-state index contributed by atoms with van der Waals surface area (Å²) in [7, 11) is 0. The largest absolute Gasteiger partial charge is 0.401 e. The van der Waals surface area contributed by atoms with Gasteiger partial charge in [0.2, 0.25) is 0 Å². The Kier molecular flexibility index (Phi) is 5.73. The van der Waals surface area contributed by atoms with Crippen LogP contribution in [0.15, 0.2) is 0 Å². The molecular weight excluding hydrogens is 299 g/mol. The lowest BCUT2D eigenvalue weighted by molar-refractivity contribution is -0.149. The zero-order valence-corrected chi connectivity index (χ0v) is 11.4. The minimum Gasteiger partial charge on any atom is -0.395 e. The molecule has 1 rings (SSSR count). The maximum absolute atomic E-state index is 12.4. The van der Waals surface area contributed by atoms with E-state index in [2.05, 4.69) is 15.9 Å². The van der Waals surface area contributed by atoms with Crippen LogP contribution in [-0.2, 0) is 0 Å². The van der Waals surface area contributed by atoms with E-state index in [-0.39, 0.29) is 18.6 Å². The van der Waals surface area contributed by atoms with Crippen LogP contribution in [0, 0.1) is 5.41 Å². The monoisotopic (exact) mass is 317 g/mol. The van der Waals surface area contributed by atoms with Crippen molar-refractivity contribution in [3.05, 3.63) is 0 Å². The Morgan fingerprint density at radius 1 is 1.24 bits per heavy atom. The van der Waals surface area contributed by atoms with Gasteiger partial charge in [0.1, 0.15) is 0 Å². The summed E-state index contributed by atoms with van der Waals surface area (Å²) in [6.07, 6.45) is -0.0769. The Balaban J connectivity index is 2.58. The van der Waals surface area contributed by atoms with E-state index in [0.29, 0.717) is 6.54 Å². The topological polar surface area (TPSA) is 23.5 Å².